The van der Waals surface area contributed by atoms with E-state index in [1.807, 2.05) is 26.0 Å². The van der Waals surface area contributed by atoms with Crippen molar-refractivity contribution < 1.29 is 13.9 Å². The van der Waals surface area contributed by atoms with Crippen LogP contribution in [0.3, 0.4) is 0 Å². The van der Waals surface area contributed by atoms with Gasteiger partial charge in [0.25, 0.3) is 5.56 Å². The summed E-state index contributed by atoms with van der Waals surface area (Å²) in [5, 5.41) is 3.47. The van der Waals surface area contributed by atoms with Crippen molar-refractivity contribution in [3.63, 3.8) is 0 Å². The molecule has 0 radical (unpaired) electrons. The number of ether oxygens (including phenoxy) is 1. The van der Waals surface area contributed by atoms with E-state index in [2.05, 4.69) is 5.32 Å². The molecule has 4 aromatic rings. The van der Waals surface area contributed by atoms with Gasteiger partial charge in [0.05, 0.1) is 36.9 Å². The van der Waals surface area contributed by atoms with Gasteiger partial charge >= 0.3 is 6.03 Å². The zero-order valence-corrected chi connectivity index (χ0v) is 18.8. The number of rotatable bonds is 7. The summed E-state index contributed by atoms with van der Waals surface area (Å²) >= 11 is 0. The van der Waals surface area contributed by atoms with Crippen LogP contribution in [0, 0.1) is 0 Å². The fourth-order valence-corrected chi connectivity index (χ4v) is 3.80. The SMILES string of the molecule is CCn1c(C(C)N(Cc2ccco2)C(=O)Nc2cccc(OC)c2)nc2ccccc2c1=O. The van der Waals surface area contributed by atoms with E-state index in [0.717, 1.165) is 0 Å². The molecule has 2 heterocycles. The lowest BCUT2D eigenvalue weighted by Gasteiger charge is -2.30. The summed E-state index contributed by atoms with van der Waals surface area (Å²) in [6, 6.07) is 17.1. The van der Waals surface area contributed by atoms with Gasteiger partial charge < -0.3 is 19.4 Å². The van der Waals surface area contributed by atoms with Crippen molar-refractivity contribution in [2.24, 2.45) is 0 Å². The van der Waals surface area contributed by atoms with E-state index < -0.39 is 6.04 Å². The molecule has 2 aromatic carbocycles. The Balaban J connectivity index is 1.74. The van der Waals surface area contributed by atoms with E-state index in [1.54, 1.807) is 71.4 Å². The van der Waals surface area contributed by atoms with Crippen molar-refractivity contribution in [3.05, 3.63) is 88.9 Å². The van der Waals surface area contributed by atoms with Crippen LogP contribution in [-0.2, 0) is 13.1 Å². The van der Waals surface area contributed by atoms with Gasteiger partial charge in [-0.1, -0.05) is 18.2 Å². The maximum atomic E-state index is 13.4. The molecule has 1 atom stereocenters. The molecule has 2 aromatic heterocycles. The molecule has 33 heavy (non-hydrogen) atoms. The zero-order valence-electron chi connectivity index (χ0n) is 18.8. The summed E-state index contributed by atoms with van der Waals surface area (Å²) < 4.78 is 12.4. The minimum Gasteiger partial charge on any atom is -0.497 e. The average Bonchev–Trinajstić information content (AvgIpc) is 3.35. The Kier molecular flexibility index (Phi) is 6.44. The summed E-state index contributed by atoms with van der Waals surface area (Å²) in [7, 11) is 1.57. The van der Waals surface area contributed by atoms with Gasteiger partial charge in [0.1, 0.15) is 17.3 Å². The number of para-hydroxylation sites is 1. The van der Waals surface area contributed by atoms with Crippen LogP contribution in [-0.4, -0.2) is 27.6 Å². The lowest BCUT2D eigenvalue weighted by Crippen LogP contribution is -2.39. The highest BCUT2D eigenvalue weighted by atomic mass is 16.5. The lowest BCUT2D eigenvalue weighted by molar-refractivity contribution is 0.178. The third kappa shape index (κ3) is 4.59. The number of benzene rings is 2. The number of methoxy groups -OCH3 is 1. The summed E-state index contributed by atoms with van der Waals surface area (Å²) in [5.41, 5.74) is 1.06. The van der Waals surface area contributed by atoms with Gasteiger partial charge in [-0.25, -0.2) is 9.78 Å². The molecular formula is C25H26N4O4. The highest BCUT2D eigenvalue weighted by Gasteiger charge is 2.27. The zero-order chi connectivity index (χ0) is 23.4. The van der Waals surface area contributed by atoms with Crippen molar-refractivity contribution in [1.82, 2.24) is 14.5 Å². The number of anilines is 1. The Morgan fingerprint density at radius 3 is 2.73 bits per heavy atom. The van der Waals surface area contributed by atoms with Crippen LogP contribution in [0.4, 0.5) is 10.5 Å². The van der Waals surface area contributed by atoms with Crippen molar-refractivity contribution in [3.8, 4) is 5.75 Å². The second-order valence-corrected chi connectivity index (χ2v) is 7.58. The van der Waals surface area contributed by atoms with Gasteiger partial charge in [-0.15, -0.1) is 0 Å². The molecule has 0 fully saturated rings. The van der Waals surface area contributed by atoms with Gasteiger partial charge in [0, 0.05) is 18.3 Å². The molecule has 1 N–H and O–H groups in total. The van der Waals surface area contributed by atoms with Crippen LogP contribution < -0.4 is 15.6 Å². The number of hydrogen-bond donors (Lipinski definition) is 1. The third-order valence-corrected chi connectivity index (χ3v) is 5.54. The third-order valence-electron chi connectivity index (χ3n) is 5.54. The Morgan fingerprint density at radius 1 is 1.18 bits per heavy atom. The fraction of sp³-hybridized carbons (Fsp3) is 0.240. The molecule has 0 saturated heterocycles. The van der Waals surface area contributed by atoms with Crippen LogP contribution in [0.25, 0.3) is 10.9 Å². The first-order valence-corrected chi connectivity index (χ1v) is 10.7. The summed E-state index contributed by atoms with van der Waals surface area (Å²) in [5.74, 6) is 1.76. The molecule has 0 aliphatic heterocycles. The first-order chi connectivity index (χ1) is 16.0. The number of amides is 2. The molecule has 0 aliphatic carbocycles. The number of carbonyl (C=O) groups excluding carboxylic acids is 1. The van der Waals surface area contributed by atoms with Crippen LogP contribution >= 0.6 is 0 Å². The molecular weight excluding hydrogens is 420 g/mol. The van der Waals surface area contributed by atoms with Crippen molar-refractivity contribution >= 4 is 22.6 Å². The second kappa shape index (κ2) is 9.60. The molecule has 8 nitrogen and oxygen atoms in total. The number of aromatic nitrogens is 2. The van der Waals surface area contributed by atoms with Gasteiger partial charge in [-0.3, -0.25) is 9.36 Å². The number of fused-ring (bicyclic) bond motifs is 1. The molecule has 2 amide bonds. The number of carbonyl (C=O) groups is 1. The minimum absolute atomic E-state index is 0.129. The van der Waals surface area contributed by atoms with E-state index in [4.69, 9.17) is 14.1 Å². The first kappa shape index (κ1) is 22.1. The highest BCUT2D eigenvalue weighted by Crippen LogP contribution is 2.25. The number of hydrogen-bond acceptors (Lipinski definition) is 5. The molecule has 0 spiro atoms. The molecule has 0 aliphatic rings. The average molecular weight is 447 g/mol. The van der Waals surface area contributed by atoms with Crippen LogP contribution in [0.2, 0.25) is 0 Å². The van der Waals surface area contributed by atoms with Gasteiger partial charge in [0.2, 0.25) is 0 Å². The van der Waals surface area contributed by atoms with Crippen LogP contribution in [0.1, 0.15) is 31.5 Å². The molecule has 0 saturated carbocycles. The highest BCUT2D eigenvalue weighted by molar-refractivity contribution is 5.89. The quantitative estimate of drug-likeness (QED) is 0.440. The molecule has 0 bridgehead atoms. The summed E-state index contributed by atoms with van der Waals surface area (Å²) in [4.78, 5) is 32.9. The van der Waals surface area contributed by atoms with E-state index >= 15 is 0 Å². The molecule has 8 heteroatoms. The first-order valence-electron chi connectivity index (χ1n) is 10.7. The monoisotopic (exact) mass is 446 g/mol. The van der Waals surface area contributed by atoms with E-state index in [1.165, 1.54) is 0 Å². The Labute approximate surface area is 191 Å². The fourth-order valence-electron chi connectivity index (χ4n) is 3.80. The maximum Gasteiger partial charge on any atom is 0.322 e. The minimum atomic E-state index is -0.516. The normalized spacial score (nSPS) is 11.8. The molecule has 1 unspecified atom stereocenters. The van der Waals surface area contributed by atoms with E-state index in [9.17, 15) is 9.59 Å². The van der Waals surface area contributed by atoms with Gasteiger partial charge in [0.15, 0.2) is 0 Å². The van der Waals surface area contributed by atoms with Crippen molar-refractivity contribution in [2.45, 2.75) is 33.0 Å². The van der Waals surface area contributed by atoms with E-state index in [-0.39, 0.29) is 18.1 Å². The second-order valence-electron chi connectivity index (χ2n) is 7.58. The van der Waals surface area contributed by atoms with E-state index in [0.29, 0.717) is 40.5 Å². The van der Waals surface area contributed by atoms with Crippen LogP contribution in [0.15, 0.2) is 76.1 Å². The Hall–Kier alpha value is -4.07. The number of furan rings is 1. The number of nitrogens with zero attached hydrogens (tertiary/aromatic N) is 3. The van der Waals surface area contributed by atoms with Gasteiger partial charge in [-0.2, -0.15) is 0 Å². The lowest BCUT2D eigenvalue weighted by atomic mass is 10.2. The standard InChI is InChI=1S/C25H26N4O4/c1-4-28-23(27-22-13-6-5-12-21(22)24(28)30)17(2)29(16-20-11-8-14-33-20)25(31)26-18-9-7-10-19(15-18)32-3/h5-15,17H,4,16H2,1-3H3,(H,26,31). The molecule has 170 valence electrons. The smallest absolute Gasteiger partial charge is 0.322 e. The molecule has 4 rings (SSSR count). The predicted molar refractivity (Wildman–Crippen MR) is 126 cm³/mol. The Morgan fingerprint density at radius 2 is 2.00 bits per heavy atom. The van der Waals surface area contributed by atoms with Crippen molar-refractivity contribution in [1.29, 1.82) is 0 Å². The van der Waals surface area contributed by atoms with Crippen molar-refractivity contribution in [2.75, 3.05) is 12.4 Å². The largest absolute Gasteiger partial charge is 0.497 e. The van der Waals surface area contributed by atoms with Gasteiger partial charge in [-0.05, 0) is 50.2 Å². The number of nitrogens with one attached hydrogen (secondary N) is 1. The van der Waals surface area contributed by atoms with Crippen LogP contribution in [0.5, 0.6) is 5.75 Å². The summed E-state index contributed by atoms with van der Waals surface area (Å²) in [6.07, 6.45) is 1.56. The summed E-state index contributed by atoms with van der Waals surface area (Å²) in [6.45, 7) is 4.39. The number of urea groups is 1. The topological polar surface area (TPSA) is 89.6 Å². The Bertz CT molecular complexity index is 1310. The maximum absolute atomic E-state index is 13.4. The predicted octanol–water partition coefficient (Wildman–Crippen LogP) is 4.81.